The molecule has 0 aliphatic carbocycles. The first-order valence-corrected chi connectivity index (χ1v) is 10.3. The molecule has 0 fully saturated rings. The van der Waals surface area contributed by atoms with E-state index in [9.17, 15) is 14.4 Å². The lowest BCUT2D eigenvalue weighted by Crippen LogP contribution is -2.31. The van der Waals surface area contributed by atoms with Crippen molar-refractivity contribution in [2.75, 3.05) is 5.32 Å². The molecule has 0 radical (unpaired) electrons. The van der Waals surface area contributed by atoms with Crippen molar-refractivity contribution in [2.45, 2.75) is 26.3 Å². The molecule has 0 atom stereocenters. The number of rotatable bonds is 6. The molecule has 2 aromatic heterocycles. The van der Waals surface area contributed by atoms with E-state index in [0.29, 0.717) is 15.9 Å². The summed E-state index contributed by atoms with van der Waals surface area (Å²) in [4.78, 5) is 42.2. The number of anilines is 1. The highest BCUT2D eigenvalue weighted by Crippen LogP contribution is 2.21. The molecule has 152 valence electrons. The summed E-state index contributed by atoms with van der Waals surface area (Å²) in [7, 11) is 0. The fraction of sp³-hybridized carbons (Fsp3) is 0.182. The van der Waals surface area contributed by atoms with Crippen molar-refractivity contribution in [3.05, 3.63) is 91.4 Å². The molecule has 4 aromatic rings. The summed E-state index contributed by atoms with van der Waals surface area (Å²) in [6, 6.07) is 14.9. The monoisotopic (exact) mass is 420 g/mol. The summed E-state index contributed by atoms with van der Waals surface area (Å²) in [5.74, 6) is -0.271. The van der Waals surface area contributed by atoms with Gasteiger partial charge in [-0.15, -0.1) is 11.3 Å². The lowest BCUT2D eigenvalue weighted by molar-refractivity contribution is -0.116. The molecule has 0 aliphatic heterocycles. The zero-order valence-corrected chi connectivity index (χ0v) is 17.2. The first-order valence-electron chi connectivity index (χ1n) is 9.51. The third kappa shape index (κ3) is 4.38. The minimum absolute atomic E-state index is 0.0427. The van der Waals surface area contributed by atoms with Crippen molar-refractivity contribution in [1.29, 1.82) is 0 Å². The number of carbonyl (C=O) groups is 1. The molecule has 0 saturated heterocycles. The van der Waals surface area contributed by atoms with E-state index in [4.69, 9.17) is 0 Å². The van der Waals surface area contributed by atoms with E-state index >= 15 is 0 Å². The summed E-state index contributed by atoms with van der Waals surface area (Å²) in [5.41, 5.74) is 1.71. The Hall–Kier alpha value is -3.52. The first-order chi connectivity index (χ1) is 14.5. The normalized spacial score (nSPS) is 11.0. The van der Waals surface area contributed by atoms with Gasteiger partial charge in [0.1, 0.15) is 0 Å². The molecule has 0 bridgehead atoms. The number of aryl methyl sites for hydroxylation is 2. The van der Waals surface area contributed by atoms with Crippen LogP contribution in [0.15, 0.2) is 64.3 Å². The number of thiazole rings is 1. The summed E-state index contributed by atoms with van der Waals surface area (Å²) in [6.45, 7) is 2.12. The average molecular weight is 420 g/mol. The maximum atomic E-state index is 12.5. The minimum atomic E-state index is -0.355. The van der Waals surface area contributed by atoms with Crippen LogP contribution in [0.3, 0.4) is 0 Å². The number of nitrogens with zero attached hydrogens (tertiary/aromatic N) is 2. The van der Waals surface area contributed by atoms with E-state index in [1.165, 1.54) is 27.1 Å². The molecule has 0 saturated carbocycles. The number of benzene rings is 2. The molecule has 1 amide bonds. The summed E-state index contributed by atoms with van der Waals surface area (Å²) >= 11 is 1.42. The van der Waals surface area contributed by atoms with Crippen molar-refractivity contribution in [3.63, 3.8) is 0 Å². The minimum Gasteiger partial charge on any atom is -0.302 e. The molecular formula is C22H20N4O3S. The number of hydrogen-bond donors (Lipinski definition) is 2. The van der Waals surface area contributed by atoms with Crippen LogP contribution < -0.4 is 16.4 Å². The molecule has 2 N–H and O–H groups in total. The Morgan fingerprint density at radius 2 is 1.83 bits per heavy atom. The van der Waals surface area contributed by atoms with Crippen LogP contribution in [0, 0.1) is 6.92 Å². The summed E-state index contributed by atoms with van der Waals surface area (Å²) in [5, 5.41) is 6.48. The van der Waals surface area contributed by atoms with E-state index in [-0.39, 0.29) is 30.0 Å². The van der Waals surface area contributed by atoms with Crippen LogP contribution in [0.5, 0.6) is 0 Å². The van der Waals surface area contributed by atoms with Gasteiger partial charge < -0.3 is 5.32 Å². The predicted molar refractivity (Wildman–Crippen MR) is 118 cm³/mol. The largest absolute Gasteiger partial charge is 0.302 e. The molecule has 2 heterocycles. The second-order valence-electron chi connectivity index (χ2n) is 7.04. The van der Waals surface area contributed by atoms with Crippen molar-refractivity contribution in [3.8, 4) is 0 Å². The number of carbonyl (C=O) groups excluding carboxylic acids is 1. The van der Waals surface area contributed by atoms with E-state index < -0.39 is 0 Å². The Morgan fingerprint density at radius 3 is 2.60 bits per heavy atom. The highest BCUT2D eigenvalue weighted by Gasteiger charge is 2.10. The van der Waals surface area contributed by atoms with E-state index in [0.717, 1.165) is 11.3 Å². The van der Waals surface area contributed by atoms with Gasteiger partial charge in [-0.3, -0.25) is 19.5 Å². The van der Waals surface area contributed by atoms with Crippen molar-refractivity contribution in [1.82, 2.24) is 14.8 Å². The predicted octanol–water partition coefficient (Wildman–Crippen LogP) is 3.07. The zero-order valence-electron chi connectivity index (χ0n) is 16.3. The molecule has 4 rings (SSSR count). The van der Waals surface area contributed by atoms with E-state index in [1.54, 1.807) is 30.5 Å². The lowest BCUT2D eigenvalue weighted by Gasteiger charge is -2.07. The van der Waals surface area contributed by atoms with Crippen LogP contribution in [0.1, 0.15) is 22.4 Å². The number of amides is 1. The maximum absolute atomic E-state index is 12.5. The SMILES string of the molecule is Cc1ccc(Cc2cnc(NC(=O)CCn3[nH]c(=O)c4ccccc4c3=O)s2)cc1. The topological polar surface area (TPSA) is 96.8 Å². The van der Waals surface area contributed by atoms with Gasteiger partial charge in [-0.25, -0.2) is 9.67 Å². The standard InChI is InChI=1S/C22H20N4O3S/c1-14-6-8-15(9-7-14)12-16-13-23-22(30-16)24-19(27)10-11-26-21(29)18-5-3-2-4-17(18)20(28)25-26/h2-9,13H,10-12H2,1H3,(H,25,28)(H,23,24,27). The van der Waals surface area contributed by atoms with Crippen LogP contribution in [0.4, 0.5) is 5.13 Å². The molecular weight excluding hydrogens is 400 g/mol. The van der Waals surface area contributed by atoms with E-state index in [2.05, 4.69) is 39.7 Å². The van der Waals surface area contributed by atoms with Crippen LogP contribution >= 0.6 is 11.3 Å². The van der Waals surface area contributed by atoms with Crippen LogP contribution in [-0.2, 0) is 17.8 Å². The maximum Gasteiger partial charge on any atom is 0.273 e. The number of aromatic nitrogens is 3. The fourth-order valence-corrected chi connectivity index (χ4v) is 4.02. The fourth-order valence-electron chi connectivity index (χ4n) is 3.15. The zero-order chi connectivity index (χ0) is 21.1. The molecule has 30 heavy (non-hydrogen) atoms. The van der Waals surface area contributed by atoms with Gasteiger partial charge in [-0.05, 0) is 24.6 Å². The second kappa shape index (κ2) is 8.46. The third-order valence-electron chi connectivity index (χ3n) is 4.75. The molecule has 2 aromatic carbocycles. The van der Waals surface area contributed by atoms with Gasteiger partial charge in [-0.1, -0.05) is 42.0 Å². The third-order valence-corrected chi connectivity index (χ3v) is 5.66. The second-order valence-corrected chi connectivity index (χ2v) is 8.15. The number of H-pyrrole nitrogens is 1. The van der Waals surface area contributed by atoms with Crippen LogP contribution in [0.2, 0.25) is 0 Å². The van der Waals surface area contributed by atoms with Crippen LogP contribution in [-0.4, -0.2) is 20.7 Å². The van der Waals surface area contributed by atoms with Crippen molar-refractivity contribution >= 4 is 33.1 Å². The van der Waals surface area contributed by atoms with Gasteiger partial charge >= 0.3 is 0 Å². The molecule has 7 nitrogen and oxygen atoms in total. The lowest BCUT2D eigenvalue weighted by atomic mass is 10.1. The van der Waals surface area contributed by atoms with Gasteiger partial charge in [0.2, 0.25) is 5.91 Å². The van der Waals surface area contributed by atoms with Gasteiger partial charge in [0.25, 0.3) is 11.1 Å². The number of hydrogen-bond acceptors (Lipinski definition) is 5. The Labute approximate surface area is 176 Å². The smallest absolute Gasteiger partial charge is 0.273 e. The van der Waals surface area contributed by atoms with Gasteiger partial charge in [0, 0.05) is 23.9 Å². The molecule has 8 heteroatoms. The van der Waals surface area contributed by atoms with Gasteiger partial charge in [0.05, 0.1) is 17.3 Å². The average Bonchev–Trinajstić information content (AvgIpc) is 3.18. The van der Waals surface area contributed by atoms with E-state index in [1.807, 2.05) is 6.92 Å². The van der Waals surface area contributed by atoms with Gasteiger partial charge in [0.15, 0.2) is 5.13 Å². The number of aromatic amines is 1. The van der Waals surface area contributed by atoms with Crippen molar-refractivity contribution < 1.29 is 4.79 Å². The number of nitrogens with one attached hydrogen (secondary N) is 2. The van der Waals surface area contributed by atoms with Gasteiger partial charge in [-0.2, -0.15) is 0 Å². The van der Waals surface area contributed by atoms with Crippen LogP contribution in [0.25, 0.3) is 10.8 Å². The summed E-state index contributed by atoms with van der Waals surface area (Å²) < 4.78 is 1.18. The number of fused-ring (bicyclic) bond motifs is 1. The Balaban J connectivity index is 1.39. The highest BCUT2D eigenvalue weighted by molar-refractivity contribution is 7.15. The quantitative estimate of drug-likeness (QED) is 0.501. The molecule has 0 unspecified atom stereocenters. The molecule has 0 spiro atoms. The summed E-state index contributed by atoms with van der Waals surface area (Å²) in [6.07, 6.45) is 2.55. The van der Waals surface area contributed by atoms with Crippen molar-refractivity contribution in [2.24, 2.45) is 0 Å². The first kappa shape index (κ1) is 19.8. The Morgan fingerprint density at radius 1 is 1.10 bits per heavy atom. The Bertz CT molecular complexity index is 1320. The highest BCUT2D eigenvalue weighted by atomic mass is 32.1. The molecule has 0 aliphatic rings. The Kier molecular flexibility index (Phi) is 5.58.